The lowest BCUT2D eigenvalue weighted by molar-refractivity contribution is 0.665. The van der Waals surface area contributed by atoms with E-state index in [1.807, 2.05) is 47.7 Å². The molecule has 0 spiro atoms. The molecule has 0 atom stereocenters. The van der Waals surface area contributed by atoms with Crippen LogP contribution in [-0.4, -0.2) is 4.57 Å². The lowest BCUT2D eigenvalue weighted by Gasteiger charge is -2.09. The number of nitriles is 2. The second-order valence-electron chi connectivity index (χ2n) is 11.0. The van der Waals surface area contributed by atoms with Gasteiger partial charge in [-0.15, -0.1) is 11.3 Å². The Labute approximate surface area is 250 Å². The van der Waals surface area contributed by atoms with E-state index < -0.39 is 0 Å². The standard InChI is InChI=1S/C38H21N3OS/c39-20-22-15-17-25-24-7-1-3-12-31(24)41(33(25)19-22)32-13-6-11-30-35-27(18-16-23(21-40)36(35)42-37(30)32)29-10-5-9-28-26-8-2-4-14-34(26)43-38(28)29/h1-3,5-13,15-19H,4,14H2. The molecule has 0 bridgehead atoms. The Morgan fingerprint density at radius 1 is 0.721 bits per heavy atom. The summed E-state index contributed by atoms with van der Waals surface area (Å²) in [6.45, 7) is 0. The quantitative estimate of drug-likeness (QED) is 0.209. The smallest absolute Gasteiger partial charge is 0.159 e. The number of para-hydroxylation sites is 2. The Balaban J connectivity index is 1.40. The topological polar surface area (TPSA) is 65.7 Å². The summed E-state index contributed by atoms with van der Waals surface area (Å²) in [6, 6.07) is 35.5. The van der Waals surface area contributed by atoms with E-state index in [-0.39, 0.29) is 0 Å². The molecule has 0 fully saturated rings. The van der Waals surface area contributed by atoms with Crippen molar-refractivity contribution >= 4 is 71.2 Å². The number of aryl methyl sites for hydroxylation is 1. The molecule has 0 N–H and O–H groups in total. The Bertz CT molecular complexity index is 2600. The summed E-state index contributed by atoms with van der Waals surface area (Å²) in [5.41, 5.74) is 8.82. The number of benzene rings is 5. The number of aromatic nitrogens is 1. The zero-order chi connectivity index (χ0) is 28.7. The molecule has 0 saturated heterocycles. The van der Waals surface area contributed by atoms with E-state index in [2.05, 4.69) is 83.5 Å². The van der Waals surface area contributed by atoms with Crippen molar-refractivity contribution in [1.29, 1.82) is 10.5 Å². The highest BCUT2D eigenvalue weighted by Gasteiger charge is 2.23. The van der Waals surface area contributed by atoms with Crippen LogP contribution in [0.25, 0.3) is 76.7 Å². The molecule has 3 heterocycles. The Kier molecular flexibility index (Phi) is 4.99. The van der Waals surface area contributed by atoms with Crippen LogP contribution in [0.15, 0.2) is 101 Å². The summed E-state index contributed by atoms with van der Waals surface area (Å²) >= 11 is 1.88. The number of hydrogen-bond donors (Lipinski definition) is 0. The van der Waals surface area contributed by atoms with E-state index in [9.17, 15) is 10.5 Å². The molecule has 4 nitrogen and oxygen atoms in total. The second kappa shape index (κ2) is 8.94. The number of rotatable bonds is 2. The van der Waals surface area contributed by atoms with E-state index >= 15 is 0 Å². The molecule has 200 valence electrons. The number of thiophene rings is 1. The zero-order valence-electron chi connectivity index (χ0n) is 22.9. The highest BCUT2D eigenvalue weighted by molar-refractivity contribution is 7.20. The van der Waals surface area contributed by atoms with Crippen LogP contribution in [-0.2, 0) is 6.42 Å². The van der Waals surface area contributed by atoms with Crippen molar-refractivity contribution in [2.45, 2.75) is 12.8 Å². The van der Waals surface area contributed by atoms with Crippen LogP contribution in [0.3, 0.4) is 0 Å². The maximum Gasteiger partial charge on any atom is 0.159 e. The predicted molar refractivity (Wildman–Crippen MR) is 176 cm³/mol. The van der Waals surface area contributed by atoms with Crippen LogP contribution in [0.5, 0.6) is 0 Å². The van der Waals surface area contributed by atoms with Crippen molar-refractivity contribution in [2.24, 2.45) is 0 Å². The third kappa shape index (κ3) is 3.29. The first-order valence-electron chi connectivity index (χ1n) is 14.3. The van der Waals surface area contributed by atoms with Gasteiger partial charge in [-0.3, -0.25) is 0 Å². The summed E-state index contributed by atoms with van der Waals surface area (Å²) < 4.78 is 10.2. The third-order valence-electron chi connectivity index (χ3n) is 8.73. The summed E-state index contributed by atoms with van der Waals surface area (Å²) in [6.07, 6.45) is 6.67. The van der Waals surface area contributed by atoms with Crippen molar-refractivity contribution in [3.05, 3.63) is 119 Å². The first kappa shape index (κ1) is 24.0. The van der Waals surface area contributed by atoms with Crippen molar-refractivity contribution < 1.29 is 4.42 Å². The second-order valence-corrected chi connectivity index (χ2v) is 12.1. The predicted octanol–water partition coefficient (Wildman–Crippen LogP) is 10.3. The Hall–Kier alpha value is -5.62. The SMILES string of the molecule is N#Cc1ccc2c3ccccc3n(-c3cccc4c3oc3c(C#N)ccc(-c5cccc6c7c(sc56)CCC=C7)c34)c2c1. The molecule has 0 radical (unpaired) electrons. The number of nitrogens with zero attached hydrogens (tertiary/aromatic N) is 3. The summed E-state index contributed by atoms with van der Waals surface area (Å²) in [5.74, 6) is 0. The van der Waals surface area contributed by atoms with Gasteiger partial charge in [-0.1, -0.05) is 72.8 Å². The van der Waals surface area contributed by atoms with Crippen LogP contribution in [0, 0.1) is 22.7 Å². The third-order valence-corrected chi connectivity index (χ3v) is 10.0. The minimum absolute atomic E-state index is 0.510. The maximum atomic E-state index is 10.1. The fraction of sp³-hybridized carbons (Fsp3) is 0.0526. The van der Waals surface area contributed by atoms with E-state index in [1.54, 1.807) is 0 Å². The molecule has 0 amide bonds. The average molecular weight is 568 g/mol. The number of furan rings is 1. The number of fused-ring (bicyclic) bond motifs is 9. The molecule has 1 aliphatic carbocycles. The fourth-order valence-electron chi connectivity index (χ4n) is 6.86. The Morgan fingerprint density at radius 2 is 1.56 bits per heavy atom. The van der Waals surface area contributed by atoms with Gasteiger partial charge in [0.1, 0.15) is 6.07 Å². The molecule has 0 aliphatic heterocycles. The van der Waals surface area contributed by atoms with Crippen LogP contribution >= 0.6 is 11.3 Å². The highest BCUT2D eigenvalue weighted by atomic mass is 32.1. The van der Waals surface area contributed by atoms with Gasteiger partial charge in [-0.05, 0) is 54.3 Å². The van der Waals surface area contributed by atoms with Crippen molar-refractivity contribution in [3.63, 3.8) is 0 Å². The van der Waals surface area contributed by atoms with Gasteiger partial charge < -0.3 is 8.98 Å². The van der Waals surface area contributed by atoms with Gasteiger partial charge in [0.25, 0.3) is 0 Å². The van der Waals surface area contributed by atoms with Crippen LogP contribution in [0.4, 0.5) is 0 Å². The van der Waals surface area contributed by atoms with Crippen molar-refractivity contribution in [2.75, 3.05) is 0 Å². The van der Waals surface area contributed by atoms with Gasteiger partial charge in [0.05, 0.1) is 33.9 Å². The van der Waals surface area contributed by atoms with Crippen LogP contribution < -0.4 is 0 Å². The van der Waals surface area contributed by atoms with Gasteiger partial charge in [0, 0.05) is 42.1 Å². The normalized spacial score (nSPS) is 12.8. The first-order chi connectivity index (χ1) is 21.2. The van der Waals surface area contributed by atoms with Gasteiger partial charge in [0.2, 0.25) is 0 Å². The molecule has 0 unspecified atom stereocenters. The van der Waals surface area contributed by atoms with E-state index in [0.717, 1.165) is 62.2 Å². The van der Waals surface area contributed by atoms with E-state index in [1.165, 1.54) is 20.5 Å². The minimum atomic E-state index is 0.510. The highest BCUT2D eigenvalue weighted by Crippen LogP contribution is 2.46. The number of allylic oxidation sites excluding steroid dienone is 1. The van der Waals surface area contributed by atoms with Crippen LogP contribution in [0.1, 0.15) is 28.0 Å². The van der Waals surface area contributed by atoms with Crippen LogP contribution in [0.2, 0.25) is 0 Å². The van der Waals surface area contributed by atoms with Crippen molar-refractivity contribution in [3.8, 4) is 29.0 Å². The molecular weight excluding hydrogens is 547 g/mol. The summed E-state index contributed by atoms with van der Waals surface area (Å²) in [5, 5.41) is 25.2. The lowest BCUT2D eigenvalue weighted by Crippen LogP contribution is -1.94. The molecule has 3 aromatic heterocycles. The summed E-state index contributed by atoms with van der Waals surface area (Å²) in [7, 11) is 0. The molecule has 8 aromatic rings. The Morgan fingerprint density at radius 3 is 2.47 bits per heavy atom. The van der Waals surface area contributed by atoms with E-state index in [0.29, 0.717) is 22.3 Å². The van der Waals surface area contributed by atoms with Gasteiger partial charge in [0.15, 0.2) is 11.2 Å². The first-order valence-corrected chi connectivity index (χ1v) is 15.1. The molecule has 1 aliphatic rings. The molecule has 5 heteroatoms. The minimum Gasteiger partial charge on any atom is -0.452 e. The van der Waals surface area contributed by atoms with Gasteiger partial charge >= 0.3 is 0 Å². The monoisotopic (exact) mass is 567 g/mol. The zero-order valence-corrected chi connectivity index (χ0v) is 23.7. The van der Waals surface area contributed by atoms with Gasteiger partial charge in [-0.2, -0.15) is 10.5 Å². The van der Waals surface area contributed by atoms with Gasteiger partial charge in [-0.25, -0.2) is 0 Å². The molecular formula is C38H21N3OS. The number of hydrogen-bond acceptors (Lipinski definition) is 4. The molecule has 5 aromatic carbocycles. The lowest BCUT2D eigenvalue weighted by atomic mass is 9.95. The fourth-order valence-corrected chi connectivity index (χ4v) is 8.19. The average Bonchev–Trinajstić information content (AvgIpc) is 3.74. The summed E-state index contributed by atoms with van der Waals surface area (Å²) in [4.78, 5) is 1.43. The van der Waals surface area contributed by atoms with E-state index in [4.69, 9.17) is 4.42 Å². The molecule has 43 heavy (non-hydrogen) atoms. The van der Waals surface area contributed by atoms with Crippen molar-refractivity contribution in [1.82, 2.24) is 4.57 Å². The molecule has 0 saturated carbocycles. The maximum absolute atomic E-state index is 10.1. The largest absolute Gasteiger partial charge is 0.452 e. The molecule has 9 rings (SSSR count).